The molecule has 2 atom stereocenters. The van der Waals surface area contributed by atoms with Crippen molar-refractivity contribution in [2.75, 3.05) is 13.6 Å². The van der Waals surface area contributed by atoms with E-state index < -0.39 is 5.97 Å². The van der Waals surface area contributed by atoms with Crippen molar-refractivity contribution in [3.8, 4) is 11.3 Å². The normalized spacial score (nSPS) is 19.5. The largest absolute Gasteiger partial charge is 0.477 e. The van der Waals surface area contributed by atoms with E-state index in [-0.39, 0.29) is 11.6 Å². The van der Waals surface area contributed by atoms with E-state index in [1.54, 1.807) is 24.5 Å². The van der Waals surface area contributed by atoms with Crippen LogP contribution in [0.5, 0.6) is 0 Å². The average Bonchev–Trinajstić information content (AvgIpc) is 3.35. The molecule has 200 valence electrons. The minimum Gasteiger partial charge on any atom is -0.477 e. The van der Waals surface area contributed by atoms with Gasteiger partial charge in [-0.1, -0.05) is 42.8 Å². The minimum absolute atomic E-state index is 0.00250. The predicted molar refractivity (Wildman–Crippen MR) is 156 cm³/mol. The van der Waals surface area contributed by atoms with Crippen molar-refractivity contribution in [1.82, 2.24) is 15.2 Å². The van der Waals surface area contributed by atoms with Gasteiger partial charge in [0, 0.05) is 29.4 Å². The number of carboxylic acid groups (broad SMARTS) is 1. The molecule has 0 unspecified atom stereocenters. The van der Waals surface area contributed by atoms with Gasteiger partial charge in [-0.25, -0.2) is 9.78 Å². The van der Waals surface area contributed by atoms with E-state index in [0.717, 1.165) is 53.8 Å². The molecule has 4 aromatic rings. The highest BCUT2D eigenvalue weighted by Crippen LogP contribution is 2.41. The number of nitrogens with one attached hydrogen (secondary N) is 1. The van der Waals surface area contributed by atoms with E-state index in [1.165, 1.54) is 41.0 Å². The molecular weight excluding hydrogens is 506 g/mol. The third-order valence-electron chi connectivity index (χ3n) is 8.34. The number of aryl methyl sites for hydroxylation is 1. The van der Waals surface area contributed by atoms with Crippen molar-refractivity contribution in [1.29, 1.82) is 0 Å². The fraction of sp³-hybridized carbons (Fsp3) is 0.344. The molecule has 3 heterocycles. The molecule has 2 aromatic carbocycles. The Morgan fingerprint density at radius 2 is 1.92 bits per heavy atom. The molecular formula is C32H33N3O3S. The van der Waals surface area contributed by atoms with E-state index in [4.69, 9.17) is 0 Å². The fourth-order valence-corrected chi connectivity index (χ4v) is 7.66. The lowest BCUT2D eigenvalue weighted by Gasteiger charge is -2.44. The van der Waals surface area contributed by atoms with Crippen molar-refractivity contribution in [2.24, 2.45) is 0 Å². The molecule has 1 aliphatic carbocycles. The molecule has 1 fully saturated rings. The molecule has 2 aliphatic rings. The van der Waals surface area contributed by atoms with Gasteiger partial charge in [0.1, 0.15) is 5.69 Å². The number of amides is 1. The Morgan fingerprint density at radius 1 is 1.05 bits per heavy atom. The van der Waals surface area contributed by atoms with Gasteiger partial charge in [-0.15, -0.1) is 11.3 Å². The van der Waals surface area contributed by atoms with Gasteiger partial charge >= 0.3 is 5.97 Å². The number of carbonyl (C=O) groups is 2. The monoisotopic (exact) mass is 539 g/mol. The van der Waals surface area contributed by atoms with Crippen molar-refractivity contribution < 1.29 is 14.7 Å². The topological polar surface area (TPSA) is 82.5 Å². The molecule has 2 aromatic heterocycles. The SMILES string of the molecule is CNC(=O)c1sc2ccccc2c1C[C@@H]1CCCCN1[C@H]1CCCc2ccc(-c3cccc(C(=O)O)n3)cc21. The first-order valence-corrected chi connectivity index (χ1v) is 14.7. The van der Waals surface area contributed by atoms with Gasteiger partial charge < -0.3 is 10.4 Å². The van der Waals surface area contributed by atoms with Crippen LogP contribution in [-0.4, -0.2) is 46.5 Å². The minimum atomic E-state index is -1.01. The van der Waals surface area contributed by atoms with Crippen LogP contribution >= 0.6 is 11.3 Å². The summed E-state index contributed by atoms with van der Waals surface area (Å²) in [5.74, 6) is -1.02. The zero-order chi connectivity index (χ0) is 26.9. The highest BCUT2D eigenvalue weighted by molar-refractivity contribution is 7.21. The van der Waals surface area contributed by atoms with Crippen LogP contribution in [0.4, 0.5) is 0 Å². The maximum Gasteiger partial charge on any atom is 0.354 e. The number of benzene rings is 2. The summed E-state index contributed by atoms with van der Waals surface area (Å²) in [6, 6.07) is 20.7. The van der Waals surface area contributed by atoms with Crippen molar-refractivity contribution in [3.05, 3.63) is 87.9 Å². The molecule has 39 heavy (non-hydrogen) atoms. The lowest BCUT2D eigenvalue weighted by molar-refractivity contribution is 0.0690. The number of rotatable bonds is 6. The number of piperidine rings is 1. The summed E-state index contributed by atoms with van der Waals surface area (Å²) in [5.41, 5.74) is 5.61. The molecule has 1 amide bonds. The molecule has 0 saturated carbocycles. The summed E-state index contributed by atoms with van der Waals surface area (Å²) in [6.45, 7) is 1.04. The number of fused-ring (bicyclic) bond motifs is 2. The Balaban J connectivity index is 1.36. The lowest BCUT2D eigenvalue weighted by atomic mass is 9.82. The number of aromatic carboxylic acids is 1. The average molecular weight is 540 g/mol. The van der Waals surface area contributed by atoms with Crippen LogP contribution in [0, 0.1) is 0 Å². The first-order chi connectivity index (χ1) is 19.0. The zero-order valence-electron chi connectivity index (χ0n) is 22.2. The number of pyridine rings is 1. The molecule has 0 spiro atoms. The van der Waals surface area contributed by atoms with Gasteiger partial charge in [-0.3, -0.25) is 9.69 Å². The highest BCUT2D eigenvalue weighted by Gasteiger charge is 2.34. The molecule has 6 rings (SSSR count). The highest BCUT2D eigenvalue weighted by atomic mass is 32.1. The maximum absolute atomic E-state index is 12.9. The third-order valence-corrected chi connectivity index (χ3v) is 9.55. The first-order valence-electron chi connectivity index (χ1n) is 13.8. The van der Waals surface area contributed by atoms with Crippen LogP contribution in [0.3, 0.4) is 0 Å². The summed E-state index contributed by atoms with van der Waals surface area (Å²) in [7, 11) is 1.71. The number of carbonyl (C=O) groups excluding carboxylic acids is 1. The number of hydrogen-bond acceptors (Lipinski definition) is 5. The lowest BCUT2D eigenvalue weighted by Crippen LogP contribution is -2.44. The van der Waals surface area contributed by atoms with Gasteiger partial charge in [-0.05, 0) is 91.4 Å². The smallest absolute Gasteiger partial charge is 0.354 e. The second-order valence-electron chi connectivity index (χ2n) is 10.6. The van der Waals surface area contributed by atoms with Crippen LogP contribution < -0.4 is 5.32 Å². The van der Waals surface area contributed by atoms with Gasteiger partial charge in [0.05, 0.1) is 10.6 Å². The Hall–Kier alpha value is -3.55. The molecule has 7 heteroatoms. The maximum atomic E-state index is 12.9. The Bertz CT molecular complexity index is 1540. The molecule has 1 aliphatic heterocycles. The van der Waals surface area contributed by atoms with Crippen molar-refractivity contribution in [2.45, 2.75) is 57.0 Å². The number of carboxylic acids is 1. The number of aromatic nitrogens is 1. The van der Waals surface area contributed by atoms with Gasteiger partial charge in [0.25, 0.3) is 5.91 Å². The first kappa shape index (κ1) is 25.7. The second-order valence-corrected chi connectivity index (χ2v) is 11.7. The summed E-state index contributed by atoms with van der Waals surface area (Å²) < 4.78 is 1.16. The van der Waals surface area contributed by atoms with E-state index in [0.29, 0.717) is 17.8 Å². The predicted octanol–water partition coefficient (Wildman–Crippen LogP) is 6.50. The molecule has 1 saturated heterocycles. The van der Waals surface area contributed by atoms with Crippen LogP contribution in [0.2, 0.25) is 0 Å². The number of hydrogen-bond donors (Lipinski definition) is 2. The summed E-state index contributed by atoms with van der Waals surface area (Å²) >= 11 is 1.59. The van der Waals surface area contributed by atoms with E-state index >= 15 is 0 Å². The Kier molecular flexibility index (Phi) is 7.19. The standard InChI is InChI=1S/C32H33N3O3S/c1-33-31(36)30-25(23-10-2-3-14-29(23)39-30)19-22-9-4-5-17-35(22)28-13-6-8-20-15-16-21(18-24(20)28)26-11-7-12-27(34-26)32(37)38/h2-3,7,10-12,14-16,18,22,28H,4-6,8-9,13,17,19H2,1H3,(H,33,36)(H,37,38)/t22-,28-/m0/s1. The van der Waals surface area contributed by atoms with Crippen molar-refractivity contribution in [3.63, 3.8) is 0 Å². The Labute approximate surface area is 232 Å². The van der Waals surface area contributed by atoms with Gasteiger partial charge in [0.15, 0.2) is 0 Å². The van der Waals surface area contributed by atoms with Crippen molar-refractivity contribution >= 4 is 33.3 Å². The van der Waals surface area contributed by atoms with Crippen LogP contribution in [0.1, 0.15) is 75.0 Å². The van der Waals surface area contributed by atoms with Crippen LogP contribution in [-0.2, 0) is 12.8 Å². The molecule has 0 bridgehead atoms. The van der Waals surface area contributed by atoms with Gasteiger partial charge in [0.2, 0.25) is 0 Å². The summed E-state index contributed by atoms with van der Waals surface area (Å²) in [4.78, 5) is 32.3. The summed E-state index contributed by atoms with van der Waals surface area (Å²) in [6.07, 6.45) is 7.66. The zero-order valence-corrected chi connectivity index (χ0v) is 23.0. The van der Waals surface area contributed by atoms with Gasteiger partial charge in [-0.2, -0.15) is 0 Å². The number of likely N-dealkylation sites (tertiary alicyclic amines) is 1. The van der Waals surface area contributed by atoms with E-state index in [1.807, 2.05) is 12.1 Å². The number of nitrogens with zero attached hydrogens (tertiary/aromatic N) is 2. The molecule has 0 radical (unpaired) electrons. The third kappa shape index (κ3) is 4.97. The molecule has 6 nitrogen and oxygen atoms in total. The van der Waals surface area contributed by atoms with Crippen LogP contribution in [0.15, 0.2) is 60.7 Å². The fourth-order valence-electron chi connectivity index (χ4n) is 6.48. The van der Waals surface area contributed by atoms with Crippen LogP contribution in [0.25, 0.3) is 21.3 Å². The van der Waals surface area contributed by atoms with E-state index in [9.17, 15) is 14.7 Å². The summed E-state index contributed by atoms with van der Waals surface area (Å²) in [5, 5.41) is 13.5. The Morgan fingerprint density at radius 3 is 2.77 bits per heavy atom. The second kappa shape index (κ2) is 10.9. The number of thiophene rings is 1. The quantitative estimate of drug-likeness (QED) is 0.292. The van der Waals surface area contributed by atoms with E-state index in [2.05, 4.69) is 51.6 Å². The molecule has 2 N–H and O–H groups in total.